The van der Waals surface area contributed by atoms with Crippen LogP contribution in [0.15, 0.2) is 41.8 Å². The number of hydrogen-bond acceptors (Lipinski definition) is 4. The van der Waals surface area contributed by atoms with Crippen molar-refractivity contribution in [2.24, 2.45) is 0 Å². The van der Waals surface area contributed by atoms with Gasteiger partial charge in [-0.05, 0) is 34.4 Å². The molecule has 2 heterocycles. The molecule has 0 unspecified atom stereocenters. The van der Waals surface area contributed by atoms with Crippen molar-refractivity contribution in [1.82, 2.24) is 20.2 Å². The first-order chi connectivity index (χ1) is 10.0. The standard InChI is InChI=1S/C13H9F3N4S/c14-13(15,16)10-4-1-3-9(7-10)8-20-18-12(17-19-20)11-5-2-6-21-11/h1-7H,8H2. The van der Waals surface area contributed by atoms with E-state index in [2.05, 4.69) is 15.4 Å². The Kier molecular flexibility index (Phi) is 3.46. The molecule has 108 valence electrons. The zero-order chi connectivity index (χ0) is 14.9. The van der Waals surface area contributed by atoms with Gasteiger partial charge in [0.1, 0.15) is 0 Å². The molecule has 0 saturated heterocycles. The largest absolute Gasteiger partial charge is 0.416 e. The number of halogens is 3. The van der Waals surface area contributed by atoms with Crippen LogP contribution >= 0.6 is 11.3 Å². The average molecular weight is 310 g/mol. The zero-order valence-electron chi connectivity index (χ0n) is 10.6. The Balaban J connectivity index is 1.81. The van der Waals surface area contributed by atoms with Gasteiger partial charge in [0.25, 0.3) is 0 Å². The third-order valence-electron chi connectivity index (χ3n) is 2.77. The van der Waals surface area contributed by atoms with E-state index in [-0.39, 0.29) is 6.54 Å². The Morgan fingerprint density at radius 3 is 2.71 bits per heavy atom. The quantitative estimate of drug-likeness (QED) is 0.744. The molecule has 0 aliphatic carbocycles. The molecular formula is C13H9F3N4S. The van der Waals surface area contributed by atoms with E-state index in [4.69, 9.17) is 0 Å². The summed E-state index contributed by atoms with van der Waals surface area (Å²) >= 11 is 1.47. The number of nitrogens with zero attached hydrogens (tertiary/aromatic N) is 4. The Labute approximate surface area is 121 Å². The van der Waals surface area contributed by atoms with Crippen LogP contribution in [0.4, 0.5) is 13.2 Å². The van der Waals surface area contributed by atoms with Gasteiger partial charge in [-0.2, -0.15) is 18.0 Å². The summed E-state index contributed by atoms with van der Waals surface area (Å²) in [5, 5.41) is 13.8. The molecule has 0 bridgehead atoms. The summed E-state index contributed by atoms with van der Waals surface area (Å²) in [5.74, 6) is 0.469. The maximum atomic E-state index is 12.6. The van der Waals surface area contributed by atoms with Gasteiger partial charge >= 0.3 is 6.18 Å². The molecule has 0 fully saturated rings. The van der Waals surface area contributed by atoms with Crippen molar-refractivity contribution < 1.29 is 13.2 Å². The fourth-order valence-corrected chi connectivity index (χ4v) is 2.47. The maximum Gasteiger partial charge on any atom is 0.416 e. The van der Waals surface area contributed by atoms with E-state index in [1.54, 1.807) is 6.07 Å². The van der Waals surface area contributed by atoms with Crippen LogP contribution in [-0.4, -0.2) is 20.2 Å². The van der Waals surface area contributed by atoms with Gasteiger partial charge in [0.15, 0.2) is 0 Å². The average Bonchev–Trinajstić information content (AvgIpc) is 3.08. The Hall–Kier alpha value is -2.22. The minimum Gasteiger partial charge on any atom is -0.166 e. The first kappa shape index (κ1) is 13.7. The maximum absolute atomic E-state index is 12.6. The second-order valence-electron chi connectivity index (χ2n) is 4.32. The normalized spacial score (nSPS) is 11.8. The summed E-state index contributed by atoms with van der Waals surface area (Å²) in [4.78, 5) is 2.15. The smallest absolute Gasteiger partial charge is 0.166 e. The number of alkyl halides is 3. The minimum absolute atomic E-state index is 0.141. The summed E-state index contributed by atoms with van der Waals surface area (Å²) in [6.45, 7) is 0.141. The van der Waals surface area contributed by atoms with Crippen molar-refractivity contribution >= 4 is 11.3 Å². The SMILES string of the molecule is FC(F)(F)c1cccc(Cn2nnc(-c3cccs3)n2)c1. The van der Waals surface area contributed by atoms with Crippen molar-refractivity contribution in [3.8, 4) is 10.7 Å². The monoisotopic (exact) mass is 310 g/mol. The van der Waals surface area contributed by atoms with Crippen LogP contribution in [0, 0.1) is 0 Å². The van der Waals surface area contributed by atoms with E-state index in [0.717, 1.165) is 17.0 Å². The first-order valence-corrected chi connectivity index (χ1v) is 6.88. The predicted molar refractivity (Wildman–Crippen MR) is 71.7 cm³/mol. The third-order valence-corrected chi connectivity index (χ3v) is 3.64. The van der Waals surface area contributed by atoms with E-state index in [0.29, 0.717) is 11.4 Å². The molecule has 0 N–H and O–H groups in total. The molecule has 3 rings (SSSR count). The molecular weight excluding hydrogens is 301 g/mol. The lowest BCUT2D eigenvalue weighted by molar-refractivity contribution is -0.137. The Morgan fingerprint density at radius 1 is 1.14 bits per heavy atom. The molecule has 0 radical (unpaired) electrons. The van der Waals surface area contributed by atoms with E-state index < -0.39 is 11.7 Å². The number of benzene rings is 1. The van der Waals surface area contributed by atoms with Gasteiger partial charge in [-0.1, -0.05) is 18.2 Å². The molecule has 0 atom stereocenters. The summed E-state index contributed by atoms with van der Waals surface area (Å²) in [5.41, 5.74) is -0.210. The highest BCUT2D eigenvalue weighted by molar-refractivity contribution is 7.13. The molecule has 1 aromatic carbocycles. The van der Waals surface area contributed by atoms with Crippen molar-refractivity contribution in [3.05, 3.63) is 52.9 Å². The summed E-state index contributed by atoms with van der Waals surface area (Å²) in [7, 11) is 0. The molecule has 0 saturated carbocycles. The van der Waals surface area contributed by atoms with Crippen LogP contribution in [-0.2, 0) is 12.7 Å². The van der Waals surface area contributed by atoms with Crippen LogP contribution < -0.4 is 0 Å². The van der Waals surface area contributed by atoms with E-state index in [1.807, 2.05) is 17.5 Å². The van der Waals surface area contributed by atoms with Gasteiger partial charge in [-0.3, -0.25) is 0 Å². The number of tetrazole rings is 1. The summed E-state index contributed by atoms with van der Waals surface area (Å²) in [6.07, 6.45) is -4.35. The molecule has 0 amide bonds. The zero-order valence-corrected chi connectivity index (χ0v) is 11.4. The molecule has 3 aromatic rings. The van der Waals surface area contributed by atoms with Crippen LogP contribution in [0.5, 0.6) is 0 Å². The Bertz CT molecular complexity index is 734. The lowest BCUT2D eigenvalue weighted by atomic mass is 10.1. The van der Waals surface area contributed by atoms with Crippen molar-refractivity contribution in [2.45, 2.75) is 12.7 Å². The number of hydrogen-bond donors (Lipinski definition) is 0. The van der Waals surface area contributed by atoms with Gasteiger partial charge in [-0.25, -0.2) is 0 Å². The molecule has 8 heteroatoms. The fraction of sp³-hybridized carbons (Fsp3) is 0.154. The lowest BCUT2D eigenvalue weighted by Crippen LogP contribution is -2.08. The highest BCUT2D eigenvalue weighted by Crippen LogP contribution is 2.29. The van der Waals surface area contributed by atoms with Gasteiger partial charge in [0.2, 0.25) is 5.82 Å². The highest BCUT2D eigenvalue weighted by Gasteiger charge is 2.30. The highest BCUT2D eigenvalue weighted by atomic mass is 32.1. The second-order valence-corrected chi connectivity index (χ2v) is 5.27. The van der Waals surface area contributed by atoms with Crippen molar-refractivity contribution in [1.29, 1.82) is 0 Å². The van der Waals surface area contributed by atoms with Crippen LogP contribution in [0.25, 0.3) is 10.7 Å². The van der Waals surface area contributed by atoms with E-state index in [1.165, 1.54) is 22.2 Å². The van der Waals surface area contributed by atoms with Crippen molar-refractivity contribution in [3.63, 3.8) is 0 Å². The summed E-state index contributed by atoms with van der Waals surface area (Å²) < 4.78 is 37.9. The molecule has 4 nitrogen and oxygen atoms in total. The third kappa shape index (κ3) is 3.10. The predicted octanol–water partition coefficient (Wildman–Crippen LogP) is 3.47. The van der Waals surface area contributed by atoms with Crippen molar-refractivity contribution in [2.75, 3.05) is 0 Å². The molecule has 21 heavy (non-hydrogen) atoms. The molecule has 0 aliphatic rings. The van der Waals surface area contributed by atoms with Gasteiger partial charge < -0.3 is 0 Å². The molecule has 0 aliphatic heterocycles. The van der Waals surface area contributed by atoms with Crippen LogP contribution in [0.1, 0.15) is 11.1 Å². The molecule has 0 spiro atoms. The lowest BCUT2D eigenvalue weighted by Gasteiger charge is -2.07. The van der Waals surface area contributed by atoms with Crippen LogP contribution in [0.3, 0.4) is 0 Å². The fourth-order valence-electron chi connectivity index (χ4n) is 1.82. The number of rotatable bonds is 3. The minimum atomic E-state index is -4.35. The Morgan fingerprint density at radius 2 is 2.00 bits per heavy atom. The van der Waals surface area contributed by atoms with E-state index >= 15 is 0 Å². The topological polar surface area (TPSA) is 43.6 Å². The molecule has 2 aromatic heterocycles. The van der Waals surface area contributed by atoms with Gasteiger partial charge in [0.05, 0.1) is 17.0 Å². The van der Waals surface area contributed by atoms with Gasteiger partial charge in [0, 0.05) is 0 Å². The van der Waals surface area contributed by atoms with Crippen LogP contribution in [0.2, 0.25) is 0 Å². The van der Waals surface area contributed by atoms with Gasteiger partial charge in [-0.15, -0.1) is 21.5 Å². The second kappa shape index (κ2) is 5.28. The summed E-state index contributed by atoms with van der Waals surface area (Å²) in [6, 6.07) is 8.83. The first-order valence-electron chi connectivity index (χ1n) is 6.00. The van der Waals surface area contributed by atoms with E-state index in [9.17, 15) is 13.2 Å². The number of aromatic nitrogens is 4. The number of thiophene rings is 1.